The molecule has 3 aromatic carbocycles. The number of rotatable bonds is 13. The molecule has 2 N–H and O–H groups in total. The van der Waals surface area contributed by atoms with Crippen LogP contribution in [0.2, 0.25) is 0 Å². The molecule has 0 radical (unpaired) electrons. The summed E-state index contributed by atoms with van der Waals surface area (Å²) < 4.78 is 5.30. The number of carbonyl (C=O) groups is 1. The Labute approximate surface area is 196 Å². The normalized spacial score (nSPS) is 12.8. The van der Waals surface area contributed by atoms with Crippen molar-refractivity contribution in [2.45, 2.75) is 51.2 Å². The molecule has 4 heteroatoms. The Hall–Kier alpha value is -2.95. The van der Waals surface area contributed by atoms with Crippen molar-refractivity contribution in [1.29, 1.82) is 0 Å². The maximum absolute atomic E-state index is 12.4. The average molecular weight is 447 g/mol. The summed E-state index contributed by atoms with van der Waals surface area (Å²) in [6.45, 7) is -0.300. The third kappa shape index (κ3) is 8.49. The Kier molecular flexibility index (Phi) is 10.1. The first-order valence-corrected chi connectivity index (χ1v) is 11.8. The van der Waals surface area contributed by atoms with E-state index in [-0.39, 0.29) is 6.61 Å². The van der Waals surface area contributed by atoms with Crippen LogP contribution in [0.25, 0.3) is 0 Å². The van der Waals surface area contributed by atoms with Gasteiger partial charge in [-0.25, -0.2) is 0 Å². The zero-order chi connectivity index (χ0) is 23.3. The van der Waals surface area contributed by atoms with Gasteiger partial charge in [-0.05, 0) is 60.8 Å². The molecule has 174 valence electrons. The summed E-state index contributed by atoms with van der Waals surface area (Å²) in [6, 6.07) is 28.3. The molecule has 2 atom stereocenters. The van der Waals surface area contributed by atoms with E-state index in [1.807, 2.05) is 48.5 Å². The van der Waals surface area contributed by atoms with Gasteiger partial charge in [-0.15, -0.1) is 0 Å². The molecule has 0 heterocycles. The number of carbonyl (C=O) groups excluding carboxylic acids is 1. The van der Waals surface area contributed by atoms with Crippen LogP contribution in [0.15, 0.2) is 84.9 Å². The Morgan fingerprint density at radius 3 is 1.91 bits per heavy atom. The van der Waals surface area contributed by atoms with Gasteiger partial charge >= 0.3 is 5.97 Å². The lowest BCUT2D eigenvalue weighted by Crippen LogP contribution is -2.33. The third-order valence-electron chi connectivity index (χ3n) is 5.93. The van der Waals surface area contributed by atoms with Crippen LogP contribution in [-0.2, 0) is 35.4 Å². The topological polar surface area (TPSA) is 66.8 Å². The molecule has 0 aliphatic carbocycles. The number of esters is 1. The van der Waals surface area contributed by atoms with Crippen molar-refractivity contribution in [3.63, 3.8) is 0 Å². The Morgan fingerprint density at radius 1 is 0.727 bits per heavy atom. The second kappa shape index (κ2) is 13.6. The van der Waals surface area contributed by atoms with Gasteiger partial charge in [0.15, 0.2) is 0 Å². The van der Waals surface area contributed by atoms with E-state index >= 15 is 0 Å². The zero-order valence-corrected chi connectivity index (χ0v) is 19.1. The quantitative estimate of drug-likeness (QED) is 0.290. The minimum atomic E-state index is -0.951. The lowest BCUT2D eigenvalue weighted by atomic mass is 9.95. The smallest absolute Gasteiger partial charge is 0.314 e. The SMILES string of the molecule is O=C(OCc1ccccc1)[C@H](CO)[C@H](O)CCc1cccc(CCCCc2ccccc2)c1. The molecule has 0 fully saturated rings. The molecule has 0 amide bonds. The van der Waals surface area contributed by atoms with E-state index in [1.165, 1.54) is 11.1 Å². The molecule has 3 rings (SSSR count). The van der Waals surface area contributed by atoms with Gasteiger partial charge in [-0.3, -0.25) is 4.79 Å². The van der Waals surface area contributed by atoms with Gasteiger partial charge in [-0.1, -0.05) is 84.9 Å². The Balaban J connectivity index is 1.42. The zero-order valence-electron chi connectivity index (χ0n) is 19.1. The molecular weight excluding hydrogens is 412 g/mol. The fraction of sp³-hybridized carbons (Fsp3) is 0.345. The maximum atomic E-state index is 12.4. The summed E-state index contributed by atoms with van der Waals surface area (Å²) in [7, 11) is 0. The summed E-state index contributed by atoms with van der Waals surface area (Å²) >= 11 is 0. The van der Waals surface area contributed by atoms with E-state index in [0.29, 0.717) is 12.8 Å². The maximum Gasteiger partial charge on any atom is 0.314 e. The highest BCUT2D eigenvalue weighted by Crippen LogP contribution is 2.17. The summed E-state index contributed by atoms with van der Waals surface area (Å²) in [5, 5.41) is 20.2. The fourth-order valence-electron chi connectivity index (χ4n) is 3.95. The van der Waals surface area contributed by atoms with Crippen LogP contribution in [0, 0.1) is 5.92 Å². The lowest BCUT2D eigenvalue weighted by Gasteiger charge is -2.20. The van der Waals surface area contributed by atoms with Gasteiger partial charge < -0.3 is 14.9 Å². The van der Waals surface area contributed by atoms with Crippen LogP contribution >= 0.6 is 0 Å². The van der Waals surface area contributed by atoms with Crippen LogP contribution in [0.1, 0.15) is 41.5 Å². The number of ether oxygens (including phenoxy) is 1. The van der Waals surface area contributed by atoms with Gasteiger partial charge in [-0.2, -0.15) is 0 Å². The number of hydrogen-bond acceptors (Lipinski definition) is 4. The first-order chi connectivity index (χ1) is 16.2. The first kappa shape index (κ1) is 24.7. The number of unbranched alkanes of at least 4 members (excludes halogenated alkanes) is 1. The molecule has 4 nitrogen and oxygen atoms in total. The predicted molar refractivity (Wildman–Crippen MR) is 131 cm³/mol. The molecule has 0 aromatic heterocycles. The minimum Gasteiger partial charge on any atom is -0.460 e. The summed E-state index contributed by atoms with van der Waals surface area (Å²) in [5.74, 6) is -1.50. The molecule has 0 saturated heterocycles. The van der Waals surface area contributed by atoms with E-state index in [1.54, 1.807) is 0 Å². The molecule has 3 aromatic rings. The van der Waals surface area contributed by atoms with Gasteiger partial charge in [0.2, 0.25) is 0 Å². The molecule has 0 aliphatic rings. The van der Waals surface area contributed by atoms with Crippen LogP contribution in [-0.4, -0.2) is 28.9 Å². The van der Waals surface area contributed by atoms with Crippen LogP contribution < -0.4 is 0 Å². The molecular formula is C29H34O4. The van der Waals surface area contributed by atoms with Crippen molar-refractivity contribution in [1.82, 2.24) is 0 Å². The number of hydrogen-bond donors (Lipinski definition) is 2. The van der Waals surface area contributed by atoms with E-state index in [0.717, 1.165) is 36.8 Å². The highest BCUT2D eigenvalue weighted by atomic mass is 16.5. The number of benzene rings is 3. The van der Waals surface area contributed by atoms with E-state index in [2.05, 4.69) is 36.4 Å². The van der Waals surface area contributed by atoms with E-state index in [9.17, 15) is 15.0 Å². The minimum absolute atomic E-state index is 0.134. The highest BCUT2D eigenvalue weighted by molar-refractivity contribution is 5.73. The van der Waals surface area contributed by atoms with Crippen molar-refractivity contribution >= 4 is 5.97 Å². The van der Waals surface area contributed by atoms with Gasteiger partial charge in [0.05, 0.1) is 12.7 Å². The van der Waals surface area contributed by atoms with Gasteiger partial charge in [0.25, 0.3) is 0 Å². The monoisotopic (exact) mass is 446 g/mol. The fourth-order valence-corrected chi connectivity index (χ4v) is 3.95. The second-order valence-electron chi connectivity index (χ2n) is 8.50. The predicted octanol–water partition coefficient (Wildman–Crippen LogP) is 4.90. The van der Waals surface area contributed by atoms with Gasteiger partial charge in [0, 0.05) is 0 Å². The second-order valence-corrected chi connectivity index (χ2v) is 8.50. The lowest BCUT2D eigenvalue weighted by molar-refractivity contribution is -0.156. The van der Waals surface area contributed by atoms with Crippen molar-refractivity contribution in [2.75, 3.05) is 6.61 Å². The summed E-state index contributed by atoms with van der Waals surface area (Å²) in [4.78, 5) is 12.4. The molecule has 0 bridgehead atoms. The van der Waals surface area contributed by atoms with E-state index in [4.69, 9.17) is 4.74 Å². The average Bonchev–Trinajstić information content (AvgIpc) is 2.86. The Bertz CT molecular complexity index is 956. The van der Waals surface area contributed by atoms with Crippen molar-refractivity contribution in [3.05, 3.63) is 107 Å². The van der Waals surface area contributed by atoms with E-state index < -0.39 is 24.6 Å². The summed E-state index contributed by atoms with van der Waals surface area (Å²) in [6.07, 6.45) is 4.47. The number of aryl methyl sites for hydroxylation is 3. The van der Waals surface area contributed by atoms with Crippen LogP contribution in [0.5, 0.6) is 0 Å². The van der Waals surface area contributed by atoms with Crippen molar-refractivity contribution in [2.24, 2.45) is 5.92 Å². The molecule has 0 unspecified atom stereocenters. The molecule has 0 saturated carbocycles. The van der Waals surface area contributed by atoms with Crippen LogP contribution in [0.3, 0.4) is 0 Å². The number of aliphatic hydroxyl groups is 2. The molecule has 33 heavy (non-hydrogen) atoms. The summed E-state index contributed by atoms with van der Waals surface area (Å²) in [5.41, 5.74) is 4.67. The van der Waals surface area contributed by atoms with Crippen LogP contribution in [0.4, 0.5) is 0 Å². The Morgan fingerprint density at radius 2 is 1.27 bits per heavy atom. The van der Waals surface area contributed by atoms with Gasteiger partial charge in [0.1, 0.15) is 12.5 Å². The molecule has 0 aliphatic heterocycles. The standard InChI is InChI=1S/C29H34O4/c30-21-27(29(32)33-22-26-14-5-2-6-15-26)28(31)19-18-25-17-9-16-24(20-25)13-8-7-12-23-10-3-1-4-11-23/h1-6,9-11,14-17,20,27-28,30-31H,7-8,12-13,18-19,21-22H2/t27-,28-/m1/s1. The third-order valence-corrected chi connectivity index (χ3v) is 5.93. The molecule has 0 spiro atoms. The first-order valence-electron chi connectivity index (χ1n) is 11.8. The van der Waals surface area contributed by atoms with Crippen molar-refractivity contribution < 1.29 is 19.7 Å². The van der Waals surface area contributed by atoms with Crippen molar-refractivity contribution in [3.8, 4) is 0 Å². The number of aliphatic hydroxyl groups excluding tert-OH is 2. The highest BCUT2D eigenvalue weighted by Gasteiger charge is 2.27. The largest absolute Gasteiger partial charge is 0.460 e.